The zero-order valence-electron chi connectivity index (χ0n) is 22.3. The molecule has 0 aliphatic carbocycles. The van der Waals surface area contributed by atoms with E-state index < -0.39 is 48.2 Å². The van der Waals surface area contributed by atoms with Crippen LogP contribution in [-0.4, -0.2) is 54.0 Å². The van der Waals surface area contributed by atoms with E-state index in [1.165, 1.54) is 33.6 Å². The van der Waals surface area contributed by atoms with Crippen molar-refractivity contribution in [1.29, 1.82) is 0 Å². The predicted molar refractivity (Wildman–Crippen MR) is 134 cm³/mol. The fourth-order valence-corrected chi connectivity index (χ4v) is 4.25. The Balaban J connectivity index is 2.51. The van der Waals surface area contributed by atoms with Crippen LogP contribution >= 0.6 is 0 Å². The van der Waals surface area contributed by atoms with Gasteiger partial charge >= 0.3 is 17.9 Å². The van der Waals surface area contributed by atoms with Crippen LogP contribution < -0.4 is 5.32 Å². The molecule has 3 atom stereocenters. The van der Waals surface area contributed by atoms with Gasteiger partial charge in [0.15, 0.2) is 6.10 Å². The van der Waals surface area contributed by atoms with E-state index in [2.05, 4.69) is 12.2 Å². The van der Waals surface area contributed by atoms with E-state index in [0.717, 1.165) is 44.9 Å². The van der Waals surface area contributed by atoms with Crippen molar-refractivity contribution in [3.05, 3.63) is 12.2 Å². The standard InChI is InChI=1S/C27H43NO8/c1-5-6-7-13-16-23(32)17-14-11-9-8-10-12-15-18-24-25(35-22(4)31)27(26(33)36-24,28-20(2)29)19-34-21(3)30/h12,15,24-25H,5-11,13-14,16-19H2,1-4H3,(H,28,29)/b15-12+/t24-,25+,27?/m1/s1. The molecule has 0 saturated carbocycles. The maximum atomic E-state index is 12.7. The molecule has 0 aromatic carbocycles. The third kappa shape index (κ3) is 11.4. The number of hydrogen-bond acceptors (Lipinski definition) is 8. The van der Waals surface area contributed by atoms with Gasteiger partial charge in [0, 0.05) is 40.0 Å². The smallest absolute Gasteiger partial charge is 0.340 e. The molecule has 36 heavy (non-hydrogen) atoms. The minimum Gasteiger partial charge on any atom is -0.463 e. The van der Waals surface area contributed by atoms with Gasteiger partial charge < -0.3 is 19.5 Å². The van der Waals surface area contributed by atoms with E-state index in [1.807, 2.05) is 12.2 Å². The summed E-state index contributed by atoms with van der Waals surface area (Å²) in [6.45, 7) is 5.24. The molecule has 1 aliphatic rings. The van der Waals surface area contributed by atoms with Crippen molar-refractivity contribution < 1.29 is 38.2 Å². The van der Waals surface area contributed by atoms with Gasteiger partial charge in [0.2, 0.25) is 11.4 Å². The molecule has 0 radical (unpaired) electrons. The molecule has 9 heteroatoms. The van der Waals surface area contributed by atoms with Crippen LogP contribution in [0.4, 0.5) is 0 Å². The lowest BCUT2D eigenvalue weighted by molar-refractivity contribution is -0.159. The van der Waals surface area contributed by atoms with Gasteiger partial charge in [-0.15, -0.1) is 0 Å². The molecule has 1 heterocycles. The minimum absolute atomic E-state index is 0.275. The summed E-state index contributed by atoms with van der Waals surface area (Å²) in [6.07, 6.45) is 12.8. The van der Waals surface area contributed by atoms with Gasteiger partial charge in [0.1, 0.15) is 18.5 Å². The Morgan fingerprint density at radius 2 is 1.56 bits per heavy atom. The maximum Gasteiger partial charge on any atom is 0.340 e. The average Bonchev–Trinajstić information content (AvgIpc) is 3.04. The van der Waals surface area contributed by atoms with Crippen molar-refractivity contribution in [3.63, 3.8) is 0 Å². The monoisotopic (exact) mass is 509 g/mol. The number of rotatable bonds is 18. The fraction of sp³-hybridized carbons (Fsp3) is 0.741. The zero-order chi connectivity index (χ0) is 27.0. The minimum atomic E-state index is -1.80. The largest absolute Gasteiger partial charge is 0.463 e. The lowest BCUT2D eigenvalue weighted by Crippen LogP contribution is -2.63. The van der Waals surface area contributed by atoms with E-state index in [4.69, 9.17) is 14.2 Å². The Hall–Kier alpha value is -2.71. The number of esters is 3. The number of ether oxygens (including phenoxy) is 3. The maximum absolute atomic E-state index is 12.7. The third-order valence-electron chi connectivity index (χ3n) is 6.06. The van der Waals surface area contributed by atoms with Crippen molar-refractivity contribution in [2.75, 3.05) is 6.61 Å². The van der Waals surface area contributed by atoms with Crippen LogP contribution in [0.2, 0.25) is 0 Å². The highest BCUT2D eigenvalue weighted by Crippen LogP contribution is 2.32. The SMILES string of the molecule is CCCCCCC(=O)CCCCCC/C=C/C[C@H]1OC(=O)C(COC(C)=O)(NC(C)=O)[C@H]1OC(C)=O. The van der Waals surface area contributed by atoms with Crippen LogP contribution in [-0.2, 0) is 38.2 Å². The number of amides is 1. The number of hydrogen-bond donors (Lipinski definition) is 1. The lowest BCUT2D eigenvalue weighted by atomic mass is 9.90. The Labute approximate surface area is 214 Å². The molecule has 0 bridgehead atoms. The van der Waals surface area contributed by atoms with Crippen molar-refractivity contribution in [2.24, 2.45) is 0 Å². The summed E-state index contributed by atoms with van der Waals surface area (Å²) in [5.41, 5.74) is -1.80. The molecular weight excluding hydrogens is 466 g/mol. The molecule has 0 aromatic heterocycles. The number of ketones is 1. The molecule has 204 valence electrons. The van der Waals surface area contributed by atoms with Crippen molar-refractivity contribution in [1.82, 2.24) is 5.32 Å². The van der Waals surface area contributed by atoms with Gasteiger partial charge in [-0.25, -0.2) is 4.79 Å². The molecule has 1 amide bonds. The highest BCUT2D eigenvalue weighted by molar-refractivity contribution is 5.91. The fourth-order valence-electron chi connectivity index (χ4n) is 4.25. The topological polar surface area (TPSA) is 125 Å². The summed E-state index contributed by atoms with van der Waals surface area (Å²) in [5, 5.41) is 2.48. The number of allylic oxidation sites excluding steroid dienone is 1. The first-order valence-corrected chi connectivity index (χ1v) is 13.1. The van der Waals surface area contributed by atoms with Crippen LogP contribution in [0.1, 0.15) is 105 Å². The van der Waals surface area contributed by atoms with Crippen molar-refractivity contribution in [3.8, 4) is 0 Å². The van der Waals surface area contributed by atoms with Gasteiger partial charge in [-0.05, 0) is 25.7 Å². The highest BCUT2D eigenvalue weighted by atomic mass is 16.6. The Bertz CT molecular complexity index is 778. The summed E-state index contributed by atoms with van der Waals surface area (Å²) in [5.74, 6) is -2.30. The first-order valence-electron chi connectivity index (χ1n) is 13.1. The normalized spacial score (nSPS) is 21.3. The van der Waals surface area contributed by atoms with Crippen molar-refractivity contribution in [2.45, 2.75) is 122 Å². The zero-order valence-corrected chi connectivity index (χ0v) is 22.3. The summed E-state index contributed by atoms with van der Waals surface area (Å²) in [7, 11) is 0. The number of nitrogens with one attached hydrogen (secondary N) is 1. The number of cyclic esters (lactones) is 1. The van der Waals surface area contributed by atoms with Crippen LogP contribution in [0.3, 0.4) is 0 Å². The van der Waals surface area contributed by atoms with E-state index in [9.17, 15) is 24.0 Å². The number of carbonyl (C=O) groups excluding carboxylic acids is 5. The predicted octanol–water partition coefficient (Wildman–Crippen LogP) is 4.11. The summed E-state index contributed by atoms with van der Waals surface area (Å²) >= 11 is 0. The Morgan fingerprint density at radius 3 is 2.14 bits per heavy atom. The van der Waals surface area contributed by atoms with E-state index in [0.29, 0.717) is 18.6 Å². The number of unbranched alkanes of at least 4 members (excludes halogenated alkanes) is 7. The quantitative estimate of drug-likeness (QED) is 0.127. The average molecular weight is 510 g/mol. The highest BCUT2D eigenvalue weighted by Gasteiger charge is 2.61. The van der Waals surface area contributed by atoms with Crippen LogP contribution in [0.25, 0.3) is 0 Å². The molecule has 1 N–H and O–H groups in total. The van der Waals surface area contributed by atoms with E-state index in [-0.39, 0.29) is 6.42 Å². The van der Waals surface area contributed by atoms with Gasteiger partial charge in [0.25, 0.3) is 0 Å². The second kappa shape index (κ2) is 16.9. The molecule has 0 aromatic rings. The first-order chi connectivity index (χ1) is 17.1. The Morgan fingerprint density at radius 1 is 0.917 bits per heavy atom. The van der Waals surface area contributed by atoms with Crippen LogP contribution in [0.5, 0.6) is 0 Å². The van der Waals surface area contributed by atoms with E-state index in [1.54, 1.807) is 0 Å². The second-order valence-corrected chi connectivity index (χ2v) is 9.42. The summed E-state index contributed by atoms with van der Waals surface area (Å²) in [6, 6.07) is 0. The third-order valence-corrected chi connectivity index (χ3v) is 6.06. The van der Waals surface area contributed by atoms with Gasteiger partial charge in [-0.1, -0.05) is 51.2 Å². The first kappa shape index (κ1) is 31.3. The van der Waals surface area contributed by atoms with E-state index >= 15 is 0 Å². The molecule has 1 fully saturated rings. The molecule has 1 rings (SSSR count). The summed E-state index contributed by atoms with van der Waals surface area (Å²) < 4.78 is 15.8. The molecule has 1 unspecified atom stereocenters. The lowest BCUT2D eigenvalue weighted by Gasteiger charge is -2.31. The van der Waals surface area contributed by atoms with Crippen LogP contribution in [0.15, 0.2) is 12.2 Å². The van der Waals surface area contributed by atoms with Gasteiger partial charge in [0.05, 0.1) is 0 Å². The number of Topliss-reactive ketones (excluding diaryl/α,β-unsaturated/α-hetero) is 1. The molecular formula is C27H43NO8. The molecule has 9 nitrogen and oxygen atoms in total. The molecule has 0 spiro atoms. The van der Waals surface area contributed by atoms with Crippen LogP contribution in [0, 0.1) is 0 Å². The summed E-state index contributed by atoms with van der Waals surface area (Å²) in [4.78, 5) is 59.5. The van der Waals surface area contributed by atoms with Crippen molar-refractivity contribution >= 4 is 29.6 Å². The Kier molecular flexibility index (Phi) is 14.7. The molecule has 1 aliphatic heterocycles. The second-order valence-electron chi connectivity index (χ2n) is 9.42. The number of carbonyl (C=O) groups is 5. The van der Waals surface area contributed by atoms with Gasteiger partial charge in [-0.3, -0.25) is 19.2 Å². The van der Waals surface area contributed by atoms with Gasteiger partial charge in [-0.2, -0.15) is 0 Å². The molecule has 1 saturated heterocycles.